The van der Waals surface area contributed by atoms with Crippen molar-refractivity contribution in [2.75, 3.05) is 13.7 Å². The van der Waals surface area contributed by atoms with Gasteiger partial charge < -0.3 is 9.47 Å². The van der Waals surface area contributed by atoms with Gasteiger partial charge in [0.25, 0.3) is 0 Å². The summed E-state index contributed by atoms with van der Waals surface area (Å²) in [4.78, 5) is 16.6. The summed E-state index contributed by atoms with van der Waals surface area (Å²) in [6.45, 7) is 2.78. The zero-order valence-electron chi connectivity index (χ0n) is 9.49. The molecule has 4 nitrogen and oxygen atoms in total. The predicted molar refractivity (Wildman–Crippen MR) is 60.8 cm³/mol. The molecule has 0 aliphatic carbocycles. The van der Waals surface area contributed by atoms with Crippen LogP contribution in [0.5, 0.6) is 0 Å². The number of carbonyl (C=O) groups is 1. The van der Waals surface area contributed by atoms with Gasteiger partial charge in [0.05, 0.1) is 12.8 Å². The maximum Gasteiger partial charge on any atom is 0.349 e. The number of aromatic nitrogens is 1. The van der Waals surface area contributed by atoms with Gasteiger partial charge in [0.2, 0.25) is 0 Å². The van der Waals surface area contributed by atoms with Crippen molar-refractivity contribution < 1.29 is 14.3 Å². The van der Waals surface area contributed by atoms with E-state index in [0.29, 0.717) is 4.88 Å². The monoisotopic (exact) mass is 241 g/mol. The van der Waals surface area contributed by atoms with Crippen molar-refractivity contribution in [1.29, 1.82) is 0 Å². The van der Waals surface area contributed by atoms with Crippen LogP contribution in [0.1, 0.15) is 46.2 Å². The van der Waals surface area contributed by atoms with Crippen molar-refractivity contribution in [3.63, 3.8) is 0 Å². The summed E-state index contributed by atoms with van der Waals surface area (Å²) in [6.07, 6.45) is 2.89. The van der Waals surface area contributed by atoms with Crippen molar-refractivity contribution >= 4 is 17.3 Å². The van der Waals surface area contributed by atoms with Crippen LogP contribution < -0.4 is 0 Å². The molecule has 1 aliphatic heterocycles. The Hall–Kier alpha value is -0.940. The Balaban J connectivity index is 2.27. The number of ether oxygens (including phenoxy) is 2. The number of nitrogens with zero attached hydrogens (tertiary/aromatic N) is 1. The van der Waals surface area contributed by atoms with Gasteiger partial charge in [-0.3, -0.25) is 0 Å². The molecule has 16 heavy (non-hydrogen) atoms. The number of esters is 1. The van der Waals surface area contributed by atoms with Crippen LogP contribution in [0.4, 0.5) is 0 Å². The van der Waals surface area contributed by atoms with Crippen LogP contribution in [-0.2, 0) is 15.9 Å². The average Bonchev–Trinajstić information content (AvgIpc) is 2.95. The fraction of sp³-hybridized carbons (Fsp3) is 0.636. The van der Waals surface area contributed by atoms with Crippen molar-refractivity contribution in [2.24, 2.45) is 0 Å². The number of rotatable bonds is 3. The molecule has 0 saturated carbocycles. The molecule has 2 heterocycles. The van der Waals surface area contributed by atoms with Gasteiger partial charge in [0.15, 0.2) is 0 Å². The number of methoxy groups -OCH3 is 1. The number of aryl methyl sites for hydroxylation is 1. The van der Waals surface area contributed by atoms with E-state index >= 15 is 0 Å². The van der Waals surface area contributed by atoms with E-state index in [-0.39, 0.29) is 12.1 Å². The van der Waals surface area contributed by atoms with Crippen molar-refractivity contribution in [2.45, 2.75) is 32.3 Å². The van der Waals surface area contributed by atoms with Gasteiger partial charge in [0.1, 0.15) is 16.0 Å². The quantitative estimate of drug-likeness (QED) is 0.762. The summed E-state index contributed by atoms with van der Waals surface area (Å²) < 4.78 is 10.3. The smallest absolute Gasteiger partial charge is 0.349 e. The van der Waals surface area contributed by atoms with Gasteiger partial charge in [0, 0.05) is 6.61 Å². The first-order chi connectivity index (χ1) is 7.76. The van der Waals surface area contributed by atoms with Gasteiger partial charge in [-0.15, -0.1) is 11.3 Å². The second-order valence-corrected chi connectivity index (χ2v) is 4.71. The predicted octanol–water partition coefficient (Wildman–Crippen LogP) is 2.34. The molecule has 0 amide bonds. The maximum absolute atomic E-state index is 11.5. The minimum Gasteiger partial charge on any atom is -0.465 e. The average molecular weight is 241 g/mol. The summed E-state index contributed by atoms with van der Waals surface area (Å²) >= 11 is 1.40. The third kappa shape index (κ3) is 2.10. The lowest BCUT2D eigenvalue weighted by molar-refractivity contribution is 0.0605. The number of thiazole rings is 1. The highest BCUT2D eigenvalue weighted by atomic mass is 32.1. The first-order valence-corrected chi connectivity index (χ1v) is 6.27. The molecule has 2 rings (SSSR count). The molecule has 0 bridgehead atoms. The molecule has 0 N–H and O–H groups in total. The minimum absolute atomic E-state index is 0.0775. The van der Waals surface area contributed by atoms with E-state index in [1.807, 2.05) is 6.92 Å². The van der Waals surface area contributed by atoms with E-state index < -0.39 is 0 Å². The molecular weight excluding hydrogens is 226 g/mol. The Morgan fingerprint density at radius 3 is 3.06 bits per heavy atom. The summed E-state index contributed by atoms with van der Waals surface area (Å²) in [7, 11) is 1.40. The van der Waals surface area contributed by atoms with Crippen LogP contribution in [0.25, 0.3) is 0 Å². The molecular formula is C11H15NO3S. The molecule has 1 atom stereocenters. The Morgan fingerprint density at radius 1 is 1.69 bits per heavy atom. The van der Waals surface area contributed by atoms with E-state index in [2.05, 4.69) is 4.98 Å². The zero-order valence-corrected chi connectivity index (χ0v) is 10.3. The van der Waals surface area contributed by atoms with E-state index in [4.69, 9.17) is 9.47 Å². The van der Waals surface area contributed by atoms with Gasteiger partial charge in [-0.25, -0.2) is 9.78 Å². The molecule has 0 radical (unpaired) electrons. The number of hydrogen-bond donors (Lipinski definition) is 0. The molecule has 1 fully saturated rings. The summed E-state index contributed by atoms with van der Waals surface area (Å²) in [5.41, 5.74) is 0.822. The van der Waals surface area contributed by atoms with Crippen LogP contribution in [0, 0.1) is 0 Å². The second kappa shape index (κ2) is 4.93. The van der Waals surface area contributed by atoms with Crippen LogP contribution >= 0.6 is 11.3 Å². The lowest BCUT2D eigenvalue weighted by Crippen LogP contribution is -2.01. The van der Waals surface area contributed by atoms with Crippen LogP contribution in [0.3, 0.4) is 0 Å². The van der Waals surface area contributed by atoms with Crippen molar-refractivity contribution in [3.05, 3.63) is 15.6 Å². The molecule has 88 valence electrons. The fourth-order valence-corrected chi connectivity index (χ4v) is 2.93. The van der Waals surface area contributed by atoms with Gasteiger partial charge >= 0.3 is 5.97 Å². The van der Waals surface area contributed by atoms with E-state index in [9.17, 15) is 4.79 Å². The Labute approximate surface area is 98.6 Å². The third-order valence-corrected chi connectivity index (χ3v) is 3.79. The van der Waals surface area contributed by atoms with Crippen molar-refractivity contribution in [3.8, 4) is 0 Å². The first kappa shape index (κ1) is 11.5. The van der Waals surface area contributed by atoms with Crippen LogP contribution in [0.15, 0.2) is 0 Å². The van der Waals surface area contributed by atoms with Gasteiger partial charge in [-0.2, -0.15) is 0 Å². The second-order valence-electron chi connectivity index (χ2n) is 3.67. The molecule has 0 spiro atoms. The van der Waals surface area contributed by atoms with E-state index in [1.54, 1.807) is 0 Å². The highest BCUT2D eigenvalue weighted by Crippen LogP contribution is 2.33. The molecule has 1 aliphatic rings. The highest BCUT2D eigenvalue weighted by Gasteiger charge is 2.25. The third-order valence-electron chi connectivity index (χ3n) is 2.62. The lowest BCUT2D eigenvalue weighted by atomic mass is 10.2. The Morgan fingerprint density at radius 2 is 2.50 bits per heavy atom. The van der Waals surface area contributed by atoms with E-state index in [0.717, 1.165) is 36.6 Å². The molecule has 1 saturated heterocycles. The summed E-state index contributed by atoms with van der Waals surface area (Å²) in [6, 6.07) is 0. The normalized spacial score (nSPS) is 20.0. The first-order valence-electron chi connectivity index (χ1n) is 5.45. The summed E-state index contributed by atoms with van der Waals surface area (Å²) in [5, 5.41) is 0.912. The molecule has 1 aromatic rings. The lowest BCUT2D eigenvalue weighted by Gasteiger charge is -2.03. The van der Waals surface area contributed by atoms with Crippen LogP contribution in [-0.4, -0.2) is 24.7 Å². The Kier molecular flexibility index (Phi) is 3.56. The zero-order chi connectivity index (χ0) is 11.5. The van der Waals surface area contributed by atoms with Crippen LogP contribution in [0.2, 0.25) is 0 Å². The van der Waals surface area contributed by atoms with Gasteiger partial charge in [-0.05, 0) is 19.3 Å². The fourth-order valence-electron chi connectivity index (χ4n) is 1.77. The SMILES string of the molecule is CCc1nc([C@H]2CCCO2)sc1C(=O)OC. The number of hydrogen-bond acceptors (Lipinski definition) is 5. The maximum atomic E-state index is 11.5. The molecule has 0 aromatic carbocycles. The van der Waals surface area contributed by atoms with Crippen molar-refractivity contribution in [1.82, 2.24) is 4.98 Å². The summed E-state index contributed by atoms with van der Waals surface area (Å²) in [5.74, 6) is -0.293. The largest absolute Gasteiger partial charge is 0.465 e. The number of carbonyl (C=O) groups excluding carboxylic acids is 1. The highest BCUT2D eigenvalue weighted by molar-refractivity contribution is 7.13. The molecule has 5 heteroatoms. The minimum atomic E-state index is -0.293. The Bertz CT molecular complexity index is 383. The van der Waals surface area contributed by atoms with E-state index in [1.165, 1.54) is 18.4 Å². The molecule has 1 aromatic heterocycles. The molecule has 0 unspecified atom stereocenters. The topological polar surface area (TPSA) is 48.4 Å². The van der Waals surface area contributed by atoms with Gasteiger partial charge in [-0.1, -0.05) is 6.92 Å². The standard InChI is InChI=1S/C11H15NO3S/c1-3-7-9(11(13)14-2)16-10(12-7)8-5-4-6-15-8/h8H,3-6H2,1-2H3/t8-/m1/s1.